The summed E-state index contributed by atoms with van der Waals surface area (Å²) >= 11 is 5.62. The lowest BCUT2D eigenvalue weighted by Crippen LogP contribution is -2.13. The number of allylic oxidation sites excluding steroid dienone is 2. The number of carbonyl (C=O) groups is 1. The number of nitrogens with one attached hydrogen (secondary N) is 1. The fourth-order valence-corrected chi connectivity index (χ4v) is 2.02. The molecule has 0 aromatic heterocycles. The van der Waals surface area contributed by atoms with E-state index in [9.17, 15) is 4.79 Å². The van der Waals surface area contributed by atoms with E-state index in [0.29, 0.717) is 30.9 Å². The maximum absolute atomic E-state index is 11.9. The van der Waals surface area contributed by atoms with E-state index in [0.717, 1.165) is 38.8 Å². The van der Waals surface area contributed by atoms with E-state index in [1.807, 2.05) is 31.2 Å². The maximum atomic E-state index is 11.9. The number of carbonyl (C=O) groups excluding carboxylic acids is 1. The first-order valence-corrected chi connectivity index (χ1v) is 9.15. The fourth-order valence-electron chi connectivity index (χ4n) is 1.83. The SMILES string of the molecule is C=CCNCC/C=C\C=C(\CCC#CCCCCCl)C(=O)OCC. The molecule has 0 radical (unpaired) electrons. The number of unbranched alkanes of at least 4 members (excludes halogenated alkanes) is 2. The fraction of sp³-hybridized carbons (Fsp3) is 0.550. The van der Waals surface area contributed by atoms with E-state index in [1.165, 1.54) is 0 Å². The van der Waals surface area contributed by atoms with E-state index in [4.69, 9.17) is 16.3 Å². The first kappa shape index (κ1) is 22.5. The van der Waals surface area contributed by atoms with Crippen molar-refractivity contribution in [2.45, 2.75) is 45.4 Å². The van der Waals surface area contributed by atoms with E-state index in [2.05, 4.69) is 23.7 Å². The average Bonchev–Trinajstić information content (AvgIpc) is 2.58. The zero-order valence-corrected chi connectivity index (χ0v) is 15.5. The predicted molar refractivity (Wildman–Crippen MR) is 103 cm³/mol. The minimum Gasteiger partial charge on any atom is -0.463 e. The Morgan fingerprint density at radius 2 is 2.08 bits per heavy atom. The molecule has 0 aromatic rings. The number of halogens is 1. The molecule has 0 aliphatic heterocycles. The molecule has 0 fully saturated rings. The van der Waals surface area contributed by atoms with Crippen molar-refractivity contribution in [3.63, 3.8) is 0 Å². The Labute approximate surface area is 152 Å². The molecular weight excluding hydrogens is 322 g/mol. The summed E-state index contributed by atoms with van der Waals surface area (Å²) in [7, 11) is 0. The van der Waals surface area contributed by atoms with Gasteiger partial charge in [-0.15, -0.1) is 30.0 Å². The van der Waals surface area contributed by atoms with Crippen molar-refractivity contribution in [3.8, 4) is 11.8 Å². The van der Waals surface area contributed by atoms with Crippen LogP contribution in [-0.4, -0.2) is 31.5 Å². The van der Waals surface area contributed by atoms with Gasteiger partial charge in [0, 0.05) is 30.8 Å². The third-order valence-electron chi connectivity index (χ3n) is 3.08. The molecule has 0 spiro atoms. The van der Waals surface area contributed by atoms with Gasteiger partial charge in [0.1, 0.15) is 0 Å². The normalized spacial score (nSPS) is 11.2. The second-order valence-electron chi connectivity index (χ2n) is 5.12. The molecule has 0 aliphatic carbocycles. The smallest absolute Gasteiger partial charge is 0.334 e. The summed E-state index contributed by atoms with van der Waals surface area (Å²) in [4.78, 5) is 11.9. The van der Waals surface area contributed by atoms with Gasteiger partial charge in [-0.25, -0.2) is 4.79 Å². The molecule has 0 amide bonds. The molecule has 1 N–H and O–H groups in total. The number of ether oxygens (including phenoxy) is 1. The van der Waals surface area contributed by atoms with Crippen molar-refractivity contribution in [2.75, 3.05) is 25.6 Å². The molecule has 0 aliphatic rings. The highest BCUT2D eigenvalue weighted by Gasteiger charge is 2.08. The van der Waals surface area contributed by atoms with E-state index in [-0.39, 0.29) is 5.97 Å². The summed E-state index contributed by atoms with van der Waals surface area (Å²) < 4.78 is 5.10. The maximum Gasteiger partial charge on any atom is 0.334 e. The monoisotopic (exact) mass is 351 g/mol. The van der Waals surface area contributed by atoms with Crippen molar-refractivity contribution in [1.82, 2.24) is 5.32 Å². The molecule has 0 rings (SSSR count). The summed E-state index contributed by atoms with van der Waals surface area (Å²) in [6.07, 6.45) is 12.7. The van der Waals surface area contributed by atoms with Gasteiger partial charge in [0.15, 0.2) is 0 Å². The minimum atomic E-state index is -0.254. The molecule has 0 unspecified atom stereocenters. The molecule has 0 saturated heterocycles. The zero-order valence-electron chi connectivity index (χ0n) is 14.8. The third kappa shape index (κ3) is 14.1. The van der Waals surface area contributed by atoms with Gasteiger partial charge in [0.2, 0.25) is 0 Å². The Morgan fingerprint density at radius 1 is 1.29 bits per heavy atom. The van der Waals surface area contributed by atoms with Gasteiger partial charge in [0.05, 0.1) is 6.61 Å². The van der Waals surface area contributed by atoms with E-state index < -0.39 is 0 Å². The van der Waals surface area contributed by atoms with Crippen LogP contribution in [0.1, 0.15) is 45.4 Å². The number of alkyl halides is 1. The van der Waals surface area contributed by atoms with Crippen LogP contribution in [0.25, 0.3) is 0 Å². The summed E-state index contributed by atoms with van der Waals surface area (Å²) in [5.74, 6) is 6.66. The lowest BCUT2D eigenvalue weighted by atomic mass is 10.1. The molecule has 4 heteroatoms. The lowest BCUT2D eigenvalue weighted by Gasteiger charge is -2.04. The van der Waals surface area contributed by atoms with Gasteiger partial charge < -0.3 is 10.1 Å². The van der Waals surface area contributed by atoms with Crippen LogP contribution in [0.2, 0.25) is 0 Å². The summed E-state index contributed by atoms with van der Waals surface area (Å²) in [6, 6.07) is 0. The molecule has 0 bridgehead atoms. The highest BCUT2D eigenvalue weighted by Crippen LogP contribution is 2.08. The predicted octanol–water partition coefficient (Wildman–Crippen LogP) is 4.39. The van der Waals surface area contributed by atoms with E-state index in [1.54, 1.807) is 0 Å². The Bertz CT molecular complexity index is 458. The summed E-state index contributed by atoms with van der Waals surface area (Å²) in [5.41, 5.74) is 0.669. The van der Waals surface area contributed by atoms with Crippen LogP contribution in [0.5, 0.6) is 0 Å². The number of esters is 1. The topological polar surface area (TPSA) is 38.3 Å². The van der Waals surface area contributed by atoms with Gasteiger partial charge in [0.25, 0.3) is 0 Å². The summed E-state index contributed by atoms with van der Waals surface area (Å²) in [6.45, 7) is 7.54. The zero-order chi connectivity index (χ0) is 17.9. The third-order valence-corrected chi connectivity index (χ3v) is 3.34. The van der Waals surface area contributed by atoms with Crippen LogP contribution < -0.4 is 5.32 Å². The first-order chi connectivity index (χ1) is 11.8. The standard InChI is InChI=1S/C20H30ClNO2/c1-3-17-22-18-13-9-11-15-19(20(23)24-4-2)14-10-7-5-6-8-12-16-21/h3,9,11,15,22H,1,4,6,8,10,12-14,16-18H2,2H3/b11-9-,19-15-. The quantitative estimate of drug-likeness (QED) is 0.102. The largest absolute Gasteiger partial charge is 0.463 e. The van der Waals surface area contributed by atoms with Crippen molar-refractivity contribution in [1.29, 1.82) is 0 Å². The van der Waals surface area contributed by atoms with Gasteiger partial charge in [-0.1, -0.05) is 24.3 Å². The van der Waals surface area contributed by atoms with Gasteiger partial charge >= 0.3 is 5.97 Å². The highest BCUT2D eigenvalue weighted by molar-refractivity contribution is 6.17. The molecule has 3 nitrogen and oxygen atoms in total. The second-order valence-corrected chi connectivity index (χ2v) is 5.50. The molecule has 24 heavy (non-hydrogen) atoms. The Hall–Kier alpha value is -1.50. The second kappa shape index (κ2) is 17.8. The molecule has 0 saturated carbocycles. The average molecular weight is 352 g/mol. The van der Waals surface area contributed by atoms with Gasteiger partial charge in [-0.05, 0) is 39.2 Å². The highest BCUT2D eigenvalue weighted by atomic mass is 35.5. The number of hydrogen-bond donors (Lipinski definition) is 1. The Morgan fingerprint density at radius 3 is 2.79 bits per heavy atom. The van der Waals surface area contributed by atoms with Crippen LogP contribution in [0, 0.1) is 11.8 Å². The lowest BCUT2D eigenvalue weighted by molar-refractivity contribution is -0.138. The van der Waals surface area contributed by atoms with Crippen molar-refractivity contribution in [2.24, 2.45) is 0 Å². The van der Waals surface area contributed by atoms with Crippen LogP contribution in [0.15, 0.2) is 36.5 Å². The molecule has 0 aromatic carbocycles. The van der Waals surface area contributed by atoms with Crippen LogP contribution in [0.3, 0.4) is 0 Å². The van der Waals surface area contributed by atoms with Crippen molar-refractivity contribution >= 4 is 17.6 Å². The molecule has 134 valence electrons. The molecule has 0 heterocycles. The Balaban J connectivity index is 4.31. The molecular formula is C20H30ClNO2. The van der Waals surface area contributed by atoms with Crippen LogP contribution in [0.4, 0.5) is 0 Å². The van der Waals surface area contributed by atoms with Crippen molar-refractivity contribution < 1.29 is 9.53 Å². The van der Waals surface area contributed by atoms with Crippen LogP contribution in [-0.2, 0) is 9.53 Å². The first-order valence-electron chi connectivity index (χ1n) is 8.62. The Kier molecular flexibility index (Phi) is 16.7. The number of rotatable bonds is 13. The van der Waals surface area contributed by atoms with Crippen LogP contribution >= 0.6 is 11.6 Å². The minimum absolute atomic E-state index is 0.254. The van der Waals surface area contributed by atoms with Crippen molar-refractivity contribution in [3.05, 3.63) is 36.5 Å². The molecule has 0 atom stereocenters. The number of hydrogen-bond acceptors (Lipinski definition) is 3. The van der Waals surface area contributed by atoms with Gasteiger partial charge in [-0.3, -0.25) is 0 Å². The van der Waals surface area contributed by atoms with E-state index >= 15 is 0 Å². The van der Waals surface area contributed by atoms with Gasteiger partial charge in [-0.2, -0.15) is 0 Å². The summed E-state index contributed by atoms with van der Waals surface area (Å²) in [5, 5.41) is 3.22.